The average molecular weight is 505 g/mol. The Morgan fingerprint density at radius 2 is 1.76 bits per heavy atom. The molecule has 1 aliphatic carbocycles. The molecule has 1 unspecified atom stereocenters. The van der Waals surface area contributed by atoms with Crippen LogP contribution in [-0.2, 0) is 9.59 Å². The molecule has 7 nitrogen and oxygen atoms in total. The van der Waals surface area contributed by atoms with Gasteiger partial charge < -0.3 is 14.4 Å². The predicted octanol–water partition coefficient (Wildman–Crippen LogP) is 5.49. The van der Waals surface area contributed by atoms with E-state index < -0.39 is 6.04 Å². The summed E-state index contributed by atoms with van der Waals surface area (Å²) in [6.45, 7) is 4.55. The van der Waals surface area contributed by atoms with Gasteiger partial charge in [-0.2, -0.15) is 0 Å². The lowest BCUT2D eigenvalue weighted by Crippen LogP contribution is -2.46. The van der Waals surface area contributed by atoms with E-state index in [2.05, 4.69) is 19.9 Å². The third-order valence-electron chi connectivity index (χ3n) is 7.27. The van der Waals surface area contributed by atoms with Crippen molar-refractivity contribution < 1.29 is 23.9 Å². The zero-order valence-electron chi connectivity index (χ0n) is 22.2. The number of allylic oxidation sites excluding steroid dienone is 1. The van der Waals surface area contributed by atoms with Gasteiger partial charge in [0.1, 0.15) is 6.04 Å². The van der Waals surface area contributed by atoms with Gasteiger partial charge in [0.15, 0.2) is 11.5 Å². The maximum Gasteiger partial charge on any atom is 0.257 e. The fourth-order valence-electron chi connectivity index (χ4n) is 5.07. The van der Waals surface area contributed by atoms with Crippen LogP contribution in [0.4, 0.5) is 5.69 Å². The average Bonchev–Trinajstić information content (AvgIpc) is 3.22. The summed E-state index contributed by atoms with van der Waals surface area (Å²) in [5.74, 6) is 0.323. The number of carbonyl (C=O) groups is 3. The summed E-state index contributed by atoms with van der Waals surface area (Å²) in [7, 11) is 3.05. The summed E-state index contributed by atoms with van der Waals surface area (Å²) in [6, 6.07) is 11.6. The fraction of sp³-hybridized carbons (Fsp3) is 0.433. The van der Waals surface area contributed by atoms with Gasteiger partial charge in [-0.3, -0.25) is 14.4 Å². The van der Waals surface area contributed by atoms with Crippen LogP contribution in [0.25, 0.3) is 0 Å². The first kappa shape index (κ1) is 26.5. The van der Waals surface area contributed by atoms with Gasteiger partial charge in [0, 0.05) is 12.1 Å². The first-order valence-corrected chi connectivity index (χ1v) is 13.0. The molecule has 0 bridgehead atoms. The summed E-state index contributed by atoms with van der Waals surface area (Å²) < 4.78 is 10.7. The van der Waals surface area contributed by atoms with Crippen LogP contribution in [0.15, 0.2) is 54.1 Å². The summed E-state index contributed by atoms with van der Waals surface area (Å²) in [6.07, 6.45) is 7.24. The number of ether oxygens (including phenoxy) is 2. The first-order valence-electron chi connectivity index (χ1n) is 13.0. The van der Waals surface area contributed by atoms with Crippen LogP contribution in [0, 0.1) is 0 Å². The molecule has 37 heavy (non-hydrogen) atoms. The SMILES string of the molecule is COc1ccc(C(=O)N(CCC2=CCCCC2)C2CC(=O)N(c3ccc(C(C)C)cc3)C2=O)cc1OC. The second kappa shape index (κ2) is 11.6. The monoisotopic (exact) mass is 504 g/mol. The number of anilines is 1. The Labute approximate surface area is 219 Å². The maximum absolute atomic E-state index is 13.8. The van der Waals surface area contributed by atoms with Crippen molar-refractivity contribution in [2.75, 3.05) is 25.7 Å². The number of benzene rings is 2. The highest BCUT2D eigenvalue weighted by atomic mass is 16.5. The van der Waals surface area contributed by atoms with Gasteiger partial charge in [-0.15, -0.1) is 0 Å². The zero-order valence-corrected chi connectivity index (χ0v) is 22.2. The van der Waals surface area contributed by atoms with Crippen molar-refractivity contribution in [3.8, 4) is 11.5 Å². The van der Waals surface area contributed by atoms with E-state index in [-0.39, 0.29) is 24.1 Å². The fourth-order valence-corrected chi connectivity index (χ4v) is 5.07. The van der Waals surface area contributed by atoms with E-state index >= 15 is 0 Å². The van der Waals surface area contributed by atoms with E-state index in [4.69, 9.17) is 9.47 Å². The van der Waals surface area contributed by atoms with Gasteiger partial charge in [0.25, 0.3) is 11.8 Å². The molecule has 2 aromatic rings. The normalized spacial score (nSPS) is 17.7. The molecule has 1 atom stereocenters. The van der Waals surface area contributed by atoms with Crippen molar-refractivity contribution in [1.29, 1.82) is 0 Å². The number of hydrogen-bond acceptors (Lipinski definition) is 5. The van der Waals surface area contributed by atoms with Gasteiger partial charge in [0.05, 0.1) is 26.3 Å². The summed E-state index contributed by atoms with van der Waals surface area (Å²) in [5, 5.41) is 0. The van der Waals surface area contributed by atoms with E-state index in [0.29, 0.717) is 41.6 Å². The third-order valence-corrected chi connectivity index (χ3v) is 7.27. The molecule has 0 N–H and O–H groups in total. The Morgan fingerprint density at radius 1 is 1.03 bits per heavy atom. The molecule has 3 amide bonds. The van der Waals surface area contributed by atoms with Crippen molar-refractivity contribution in [1.82, 2.24) is 4.90 Å². The number of rotatable bonds is 9. The minimum Gasteiger partial charge on any atom is -0.493 e. The predicted molar refractivity (Wildman–Crippen MR) is 143 cm³/mol. The Kier molecular flexibility index (Phi) is 8.31. The van der Waals surface area contributed by atoms with Crippen LogP contribution in [0.1, 0.15) is 74.2 Å². The Bertz CT molecular complexity index is 1180. The minimum absolute atomic E-state index is 0.0388. The zero-order chi connectivity index (χ0) is 26.5. The van der Waals surface area contributed by atoms with Gasteiger partial charge in [0.2, 0.25) is 5.91 Å². The van der Waals surface area contributed by atoms with Crippen molar-refractivity contribution in [2.45, 2.75) is 64.3 Å². The molecule has 2 aromatic carbocycles. The van der Waals surface area contributed by atoms with E-state index in [1.807, 2.05) is 12.1 Å². The number of nitrogens with zero attached hydrogens (tertiary/aromatic N) is 2. The molecule has 0 radical (unpaired) electrons. The van der Waals surface area contributed by atoms with Crippen molar-refractivity contribution >= 4 is 23.4 Å². The first-order chi connectivity index (χ1) is 17.8. The molecule has 1 aliphatic heterocycles. The van der Waals surface area contributed by atoms with Crippen LogP contribution >= 0.6 is 0 Å². The van der Waals surface area contributed by atoms with Gasteiger partial charge in [-0.25, -0.2) is 4.90 Å². The molecule has 4 rings (SSSR count). The maximum atomic E-state index is 13.8. The number of imide groups is 1. The lowest BCUT2D eigenvalue weighted by Gasteiger charge is -2.29. The minimum atomic E-state index is -0.859. The van der Waals surface area contributed by atoms with Crippen LogP contribution in [0.5, 0.6) is 11.5 Å². The molecule has 0 saturated carbocycles. The second-order valence-electron chi connectivity index (χ2n) is 9.96. The number of carbonyl (C=O) groups excluding carboxylic acids is 3. The molecular weight excluding hydrogens is 468 g/mol. The van der Waals surface area contributed by atoms with Crippen molar-refractivity contribution in [3.05, 3.63) is 65.2 Å². The second-order valence-corrected chi connectivity index (χ2v) is 9.96. The van der Waals surface area contributed by atoms with E-state index in [9.17, 15) is 14.4 Å². The van der Waals surface area contributed by atoms with Crippen LogP contribution < -0.4 is 14.4 Å². The van der Waals surface area contributed by atoms with E-state index in [0.717, 1.165) is 24.8 Å². The summed E-state index contributed by atoms with van der Waals surface area (Å²) >= 11 is 0. The molecular formula is C30H36N2O5. The van der Waals surface area contributed by atoms with Gasteiger partial charge in [-0.1, -0.05) is 37.6 Å². The Hall–Kier alpha value is -3.61. The third kappa shape index (κ3) is 5.71. The smallest absolute Gasteiger partial charge is 0.257 e. The van der Waals surface area contributed by atoms with Gasteiger partial charge in [-0.05, 0) is 73.9 Å². The van der Waals surface area contributed by atoms with Gasteiger partial charge >= 0.3 is 0 Å². The molecule has 196 valence electrons. The summed E-state index contributed by atoms with van der Waals surface area (Å²) in [5.41, 5.74) is 3.35. The molecule has 0 spiro atoms. The lowest BCUT2D eigenvalue weighted by molar-refractivity contribution is -0.122. The summed E-state index contributed by atoms with van der Waals surface area (Å²) in [4.78, 5) is 43.3. The Morgan fingerprint density at radius 3 is 2.38 bits per heavy atom. The van der Waals surface area contributed by atoms with Crippen molar-refractivity contribution in [2.24, 2.45) is 0 Å². The molecule has 7 heteroatoms. The van der Waals surface area contributed by atoms with Crippen LogP contribution in [0.3, 0.4) is 0 Å². The van der Waals surface area contributed by atoms with Crippen LogP contribution in [-0.4, -0.2) is 49.4 Å². The molecule has 1 fully saturated rings. The molecule has 1 saturated heterocycles. The number of amides is 3. The van der Waals surface area contributed by atoms with E-state index in [1.54, 1.807) is 35.2 Å². The highest BCUT2D eigenvalue weighted by Gasteiger charge is 2.44. The lowest BCUT2D eigenvalue weighted by atomic mass is 9.96. The Balaban J connectivity index is 1.63. The van der Waals surface area contributed by atoms with Crippen LogP contribution in [0.2, 0.25) is 0 Å². The number of methoxy groups -OCH3 is 2. The molecule has 0 aromatic heterocycles. The quantitative estimate of drug-likeness (QED) is 0.333. The molecule has 2 aliphatic rings. The number of hydrogen-bond donors (Lipinski definition) is 0. The topological polar surface area (TPSA) is 76.2 Å². The van der Waals surface area contributed by atoms with Crippen molar-refractivity contribution in [3.63, 3.8) is 0 Å². The largest absolute Gasteiger partial charge is 0.493 e. The highest BCUT2D eigenvalue weighted by Crippen LogP contribution is 2.32. The van der Waals surface area contributed by atoms with E-state index in [1.165, 1.54) is 31.1 Å². The highest BCUT2D eigenvalue weighted by molar-refractivity contribution is 6.23. The molecule has 1 heterocycles. The standard InChI is InChI=1S/C30H36N2O5/c1-20(2)22-10-13-24(14-11-22)32-28(33)19-25(30(32)35)31(17-16-21-8-6-5-7-9-21)29(34)23-12-15-26(36-3)27(18-23)37-4/h8,10-15,18,20,25H,5-7,9,16-17,19H2,1-4H3.